The van der Waals surface area contributed by atoms with E-state index in [2.05, 4.69) is 35.2 Å². The zero-order chi connectivity index (χ0) is 17.2. The molecule has 0 amide bonds. The van der Waals surface area contributed by atoms with Gasteiger partial charge in [-0.3, -0.25) is 4.90 Å². The van der Waals surface area contributed by atoms with E-state index in [1.165, 1.54) is 12.7 Å². The van der Waals surface area contributed by atoms with Gasteiger partial charge in [0.15, 0.2) is 11.6 Å². The predicted octanol–water partition coefficient (Wildman–Crippen LogP) is 3.89. The summed E-state index contributed by atoms with van der Waals surface area (Å²) < 4.78 is 25.6. The molecule has 0 spiro atoms. The molecule has 4 rings (SSSR count). The van der Waals surface area contributed by atoms with Crippen LogP contribution in [0.2, 0.25) is 0 Å². The van der Waals surface area contributed by atoms with Crippen LogP contribution in [0.1, 0.15) is 17.5 Å². The SMILES string of the molecule is COc1cccc(C2=CC3COCC(C2)N3Cc2ccccc2)c1F. The van der Waals surface area contributed by atoms with Crippen molar-refractivity contribution in [3.63, 3.8) is 0 Å². The van der Waals surface area contributed by atoms with Gasteiger partial charge in [-0.05, 0) is 23.6 Å². The molecule has 2 aliphatic rings. The van der Waals surface area contributed by atoms with Crippen LogP contribution in [0.25, 0.3) is 5.57 Å². The number of morpholine rings is 1. The first-order valence-electron chi connectivity index (χ1n) is 8.67. The number of methoxy groups -OCH3 is 1. The zero-order valence-corrected chi connectivity index (χ0v) is 14.3. The number of hydrogen-bond donors (Lipinski definition) is 0. The normalized spacial score (nSPS) is 23.2. The average Bonchev–Trinajstić information content (AvgIpc) is 2.63. The van der Waals surface area contributed by atoms with Crippen molar-refractivity contribution in [3.8, 4) is 5.75 Å². The van der Waals surface area contributed by atoms with Gasteiger partial charge in [-0.1, -0.05) is 48.5 Å². The minimum Gasteiger partial charge on any atom is -0.494 e. The summed E-state index contributed by atoms with van der Waals surface area (Å²) in [5, 5.41) is 0. The predicted molar refractivity (Wildman–Crippen MR) is 95.9 cm³/mol. The quantitative estimate of drug-likeness (QED) is 0.843. The number of rotatable bonds is 4. The first kappa shape index (κ1) is 16.3. The molecule has 2 aromatic carbocycles. The molecule has 2 aromatic rings. The van der Waals surface area contributed by atoms with Crippen LogP contribution in [0.15, 0.2) is 54.6 Å². The molecule has 2 heterocycles. The van der Waals surface area contributed by atoms with E-state index >= 15 is 0 Å². The van der Waals surface area contributed by atoms with Crippen LogP contribution in [0, 0.1) is 5.82 Å². The largest absolute Gasteiger partial charge is 0.494 e. The van der Waals surface area contributed by atoms with Gasteiger partial charge >= 0.3 is 0 Å². The fraction of sp³-hybridized carbons (Fsp3) is 0.333. The van der Waals surface area contributed by atoms with Crippen molar-refractivity contribution in [2.75, 3.05) is 20.3 Å². The van der Waals surface area contributed by atoms with Gasteiger partial charge in [0.1, 0.15) is 0 Å². The van der Waals surface area contributed by atoms with Gasteiger partial charge in [0.05, 0.1) is 26.4 Å². The summed E-state index contributed by atoms with van der Waals surface area (Å²) in [5.41, 5.74) is 3.00. The van der Waals surface area contributed by atoms with Crippen molar-refractivity contribution in [2.24, 2.45) is 0 Å². The standard InChI is InChI=1S/C21H22FNO2/c1-24-20-9-5-8-19(21(20)22)16-10-17-13-25-14-18(11-16)23(17)12-15-6-3-2-4-7-15/h2-10,17-18H,11-14H2,1H3. The molecule has 2 aliphatic heterocycles. The van der Waals surface area contributed by atoms with E-state index in [0.29, 0.717) is 24.5 Å². The average molecular weight is 339 g/mol. The maximum Gasteiger partial charge on any atom is 0.172 e. The van der Waals surface area contributed by atoms with E-state index in [-0.39, 0.29) is 17.9 Å². The van der Waals surface area contributed by atoms with Crippen LogP contribution < -0.4 is 4.74 Å². The summed E-state index contributed by atoms with van der Waals surface area (Å²) >= 11 is 0. The second kappa shape index (κ2) is 6.98. The molecule has 0 aromatic heterocycles. The molecule has 2 bridgehead atoms. The number of halogens is 1. The molecule has 0 saturated carbocycles. The second-order valence-corrected chi connectivity index (χ2v) is 6.63. The molecule has 0 N–H and O–H groups in total. The van der Waals surface area contributed by atoms with Crippen LogP contribution in [0.3, 0.4) is 0 Å². The zero-order valence-electron chi connectivity index (χ0n) is 14.3. The van der Waals surface area contributed by atoms with Crippen LogP contribution in [0.4, 0.5) is 4.39 Å². The van der Waals surface area contributed by atoms with Crippen LogP contribution >= 0.6 is 0 Å². The van der Waals surface area contributed by atoms with Gasteiger partial charge in [-0.15, -0.1) is 0 Å². The number of fused-ring (bicyclic) bond motifs is 2. The lowest BCUT2D eigenvalue weighted by Crippen LogP contribution is -2.53. The fourth-order valence-electron chi connectivity index (χ4n) is 3.82. The Bertz CT molecular complexity index is 775. The topological polar surface area (TPSA) is 21.7 Å². The molecule has 3 nitrogen and oxygen atoms in total. The summed E-state index contributed by atoms with van der Waals surface area (Å²) in [5.74, 6) is 0.0262. The third kappa shape index (κ3) is 3.20. The molecule has 1 fully saturated rings. The number of nitrogens with zero attached hydrogens (tertiary/aromatic N) is 1. The molecule has 4 heteroatoms. The van der Waals surface area contributed by atoms with Gasteiger partial charge in [0, 0.05) is 18.2 Å². The highest BCUT2D eigenvalue weighted by atomic mass is 19.1. The summed E-state index contributed by atoms with van der Waals surface area (Å²) in [6.45, 7) is 2.23. The van der Waals surface area contributed by atoms with Crippen molar-refractivity contribution >= 4 is 5.57 Å². The first-order chi connectivity index (χ1) is 12.3. The van der Waals surface area contributed by atoms with Crippen LogP contribution in [-0.2, 0) is 11.3 Å². The van der Waals surface area contributed by atoms with Gasteiger partial charge in [0.25, 0.3) is 0 Å². The van der Waals surface area contributed by atoms with E-state index in [9.17, 15) is 4.39 Å². The van der Waals surface area contributed by atoms with Crippen LogP contribution in [0.5, 0.6) is 5.75 Å². The van der Waals surface area contributed by atoms with E-state index in [0.717, 1.165) is 18.5 Å². The summed E-state index contributed by atoms with van der Waals surface area (Å²) in [7, 11) is 1.50. The van der Waals surface area contributed by atoms with E-state index < -0.39 is 0 Å². The van der Waals surface area contributed by atoms with Crippen molar-refractivity contribution < 1.29 is 13.9 Å². The minimum absolute atomic E-state index is 0.174. The molecular formula is C21H22FNO2. The highest BCUT2D eigenvalue weighted by Crippen LogP contribution is 2.36. The van der Waals surface area contributed by atoms with E-state index in [4.69, 9.17) is 9.47 Å². The Kier molecular flexibility index (Phi) is 4.55. The summed E-state index contributed by atoms with van der Waals surface area (Å²) in [6, 6.07) is 16.3. The second-order valence-electron chi connectivity index (χ2n) is 6.63. The Labute approximate surface area is 147 Å². The summed E-state index contributed by atoms with van der Waals surface area (Å²) in [4.78, 5) is 2.47. The molecule has 130 valence electrons. The molecule has 2 atom stereocenters. The number of benzene rings is 2. The van der Waals surface area contributed by atoms with Crippen LogP contribution in [-0.4, -0.2) is 37.3 Å². The maximum absolute atomic E-state index is 14.7. The maximum atomic E-state index is 14.7. The minimum atomic E-state index is -0.272. The lowest BCUT2D eigenvalue weighted by Gasteiger charge is -2.45. The Balaban J connectivity index is 1.63. The van der Waals surface area contributed by atoms with Crippen molar-refractivity contribution in [1.82, 2.24) is 4.90 Å². The van der Waals surface area contributed by atoms with E-state index in [1.54, 1.807) is 6.07 Å². The molecule has 25 heavy (non-hydrogen) atoms. The molecule has 0 radical (unpaired) electrons. The number of hydrogen-bond acceptors (Lipinski definition) is 3. The third-order valence-corrected chi connectivity index (χ3v) is 5.08. The van der Waals surface area contributed by atoms with Gasteiger partial charge in [-0.2, -0.15) is 0 Å². The highest BCUT2D eigenvalue weighted by Gasteiger charge is 2.35. The lowest BCUT2D eigenvalue weighted by molar-refractivity contribution is -0.0403. The monoisotopic (exact) mass is 339 g/mol. The molecule has 1 saturated heterocycles. The Morgan fingerprint density at radius 2 is 1.96 bits per heavy atom. The lowest BCUT2D eigenvalue weighted by atomic mass is 9.89. The third-order valence-electron chi connectivity index (χ3n) is 5.08. The van der Waals surface area contributed by atoms with Gasteiger partial charge in [0.2, 0.25) is 0 Å². The molecular weight excluding hydrogens is 317 g/mol. The molecule has 0 aliphatic carbocycles. The summed E-state index contributed by atoms with van der Waals surface area (Å²) in [6.07, 6.45) is 2.95. The first-order valence-corrected chi connectivity index (χ1v) is 8.67. The highest BCUT2D eigenvalue weighted by molar-refractivity contribution is 5.69. The Morgan fingerprint density at radius 3 is 2.72 bits per heavy atom. The van der Waals surface area contributed by atoms with Crippen molar-refractivity contribution in [2.45, 2.75) is 25.0 Å². The Morgan fingerprint density at radius 1 is 1.12 bits per heavy atom. The van der Waals surface area contributed by atoms with Crippen molar-refractivity contribution in [3.05, 3.63) is 71.6 Å². The van der Waals surface area contributed by atoms with Gasteiger partial charge in [-0.25, -0.2) is 4.39 Å². The smallest absolute Gasteiger partial charge is 0.172 e. The number of ether oxygens (including phenoxy) is 2. The van der Waals surface area contributed by atoms with E-state index in [1.807, 2.05) is 18.2 Å². The van der Waals surface area contributed by atoms with Crippen molar-refractivity contribution in [1.29, 1.82) is 0 Å². The van der Waals surface area contributed by atoms with Gasteiger partial charge < -0.3 is 9.47 Å². The fourth-order valence-corrected chi connectivity index (χ4v) is 3.82. The Hall–Kier alpha value is -2.17. The molecule has 2 unspecified atom stereocenters.